The molecule has 2 amide bonds. The molecule has 6 heteroatoms. The molecule has 0 N–H and O–H groups in total. The lowest BCUT2D eigenvalue weighted by Crippen LogP contribution is -2.30. The average molecular weight is 367 g/mol. The van der Waals surface area contributed by atoms with Gasteiger partial charge in [0.15, 0.2) is 0 Å². The molecule has 1 aromatic heterocycles. The minimum atomic E-state index is -0.178. The summed E-state index contributed by atoms with van der Waals surface area (Å²) in [5.41, 5.74) is 1.02. The second-order valence-corrected chi connectivity index (χ2v) is 7.17. The van der Waals surface area contributed by atoms with Crippen LogP contribution < -0.4 is 0 Å². The van der Waals surface area contributed by atoms with Crippen LogP contribution in [0.5, 0.6) is 0 Å². The highest BCUT2D eigenvalue weighted by Gasteiger charge is 2.40. The zero-order valence-electron chi connectivity index (χ0n) is 8.55. The van der Waals surface area contributed by atoms with E-state index in [0.717, 1.165) is 20.4 Å². The summed E-state index contributed by atoms with van der Waals surface area (Å²) in [4.78, 5) is 25.3. The van der Waals surface area contributed by atoms with Gasteiger partial charge in [0.05, 0.1) is 18.7 Å². The van der Waals surface area contributed by atoms with Crippen LogP contribution in [0.4, 0.5) is 0 Å². The first-order valence-electron chi connectivity index (χ1n) is 4.92. The first-order chi connectivity index (χ1) is 7.57. The molecule has 0 fully saturated rings. The number of imide groups is 1. The molecule has 1 aromatic rings. The van der Waals surface area contributed by atoms with Gasteiger partial charge in [0.2, 0.25) is 0 Å². The van der Waals surface area contributed by atoms with Crippen molar-refractivity contribution in [2.24, 2.45) is 0 Å². The zero-order valence-corrected chi connectivity index (χ0v) is 12.5. The number of fused-ring (bicyclic) bond motifs is 1. The minimum absolute atomic E-state index is 0.178. The maximum atomic E-state index is 12.0. The summed E-state index contributed by atoms with van der Waals surface area (Å²) in [6.45, 7) is 2.54. The standard InChI is InChI=1S/C10H9Br2NO2S/c1-2-3-4-13-9(14)5-6(10(13)15)8(12)16-7(5)11/h2-4H2,1H3. The van der Waals surface area contributed by atoms with Gasteiger partial charge in [-0.1, -0.05) is 13.3 Å². The third-order valence-electron chi connectivity index (χ3n) is 2.48. The molecule has 0 aliphatic carbocycles. The van der Waals surface area contributed by atoms with Crippen LogP contribution in [0.3, 0.4) is 0 Å². The maximum absolute atomic E-state index is 12.0. The second-order valence-electron chi connectivity index (χ2n) is 3.51. The molecular weight excluding hydrogens is 358 g/mol. The predicted molar refractivity (Wildman–Crippen MR) is 70.0 cm³/mol. The molecule has 0 radical (unpaired) electrons. The Hall–Kier alpha value is -0.200. The molecule has 16 heavy (non-hydrogen) atoms. The van der Waals surface area contributed by atoms with Crippen LogP contribution in [0.15, 0.2) is 7.57 Å². The van der Waals surface area contributed by atoms with Crippen molar-refractivity contribution < 1.29 is 9.59 Å². The van der Waals surface area contributed by atoms with Gasteiger partial charge in [-0.15, -0.1) is 11.3 Å². The normalized spacial score (nSPS) is 14.8. The molecule has 2 rings (SSSR count). The van der Waals surface area contributed by atoms with Crippen molar-refractivity contribution in [1.82, 2.24) is 4.90 Å². The molecule has 0 aromatic carbocycles. The number of carbonyl (C=O) groups is 2. The Morgan fingerprint density at radius 2 is 1.62 bits per heavy atom. The second kappa shape index (κ2) is 4.58. The van der Waals surface area contributed by atoms with Crippen LogP contribution in [0.2, 0.25) is 0 Å². The van der Waals surface area contributed by atoms with E-state index in [4.69, 9.17) is 0 Å². The van der Waals surface area contributed by atoms with E-state index in [0.29, 0.717) is 17.7 Å². The van der Waals surface area contributed by atoms with Gasteiger partial charge >= 0.3 is 0 Å². The monoisotopic (exact) mass is 365 g/mol. The number of thiophene rings is 1. The molecule has 0 saturated heterocycles. The highest BCUT2D eigenvalue weighted by molar-refractivity contribution is 9.12. The van der Waals surface area contributed by atoms with Crippen molar-refractivity contribution in [3.05, 3.63) is 18.7 Å². The SMILES string of the molecule is CCCCN1C(=O)c2c(Br)sc(Br)c2C1=O. The summed E-state index contributed by atoms with van der Waals surface area (Å²) < 4.78 is 1.46. The van der Waals surface area contributed by atoms with Crippen LogP contribution in [-0.4, -0.2) is 23.3 Å². The first-order valence-corrected chi connectivity index (χ1v) is 7.32. The minimum Gasteiger partial charge on any atom is -0.274 e. The third kappa shape index (κ3) is 1.76. The van der Waals surface area contributed by atoms with E-state index in [1.54, 1.807) is 0 Å². The largest absolute Gasteiger partial charge is 0.274 e. The van der Waals surface area contributed by atoms with Crippen LogP contribution in [-0.2, 0) is 0 Å². The molecule has 0 unspecified atom stereocenters. The molecule has 1 aliphatic heterocycles. The van der Waals surface area contributed by atoms with E-state index in [1.807, 2.05) is 6.92 Å². The smallest absolute Gasteiger partial charge is 0.263 e. The summed E-state index contributed by atoms with van der Waals surface area (Å²) in [7, 11) is 0. The number of hydrogen-bond acceptors (Lipinski definition) is 3. The van der Waals surface area contributed by atoms with Crippen molar-refractivity contribution in [3.8, 4) is 0 Å². The fourth-order valence-electron chi connectivity index (χ4n) is 1.64. The molecule has 0 bridgehead atoms. The lowest BCUT2D eigenvalue weighted by molar-refractivity contribution is 0.0651. The Balaban J connectivity index is 2.37. The van der Waals surface area contributed by atoms with Crippen molar-refractivity contribution in [2.45, 2.75) is 19.8 Å². The summed E-state index contributed by atoms with van der Waals surface area (Å²) in [6, 6.07) is 0. The van der Waals surface area contributed by atoms with E-state index in [-0.39, 0.29) is 11.8 Å². The van der Waals surface area contributed by atoms with Crippen LogP contribution in [0, 0.1) is 0 Å². The van der Waals surface area contributed by atoms with Crippen LogP contribution in [0.25, 0.3) is 0 Å². The quantitative estimate of drug-likeness (QED) is 0.765. The summed E-state index contributed by atoms with van der Waals surface area (Å²) in [5, 5.41) is 0. The average Bonchev–Trinajstić information content (AvgIpc) is 2.65. The molecule has 1 aliphatic rings. The number of nitrogens with zero attached hydrogens (tertiary/aromatic N) is 1. The molecule has 0 spiro atoms. The Morgan fingerprint density at radius 1 is 1.12 bits per heavy atom. The van der Waals surface area contributed by atoms with E-state index >= 15 is 0 Å². The number of unbranched alkanes of at least 4 members (excludes halogenated alkanes) is 1. The van der Waals surface area contributed by atoms with Crippen molar-refractivity contribution in [2.75, 3.05) is 6.54 Å². The zero-order chi connectivity index (χ0) is 11.9. The Morgan fingerprint density at radius 3 is 2.06 bits per heavy atom. The lowest BCUT2D eigenvalue weighted by Gasteiger charge is -2.13. The topological polar surface area (TPSA) is 37.4 Å². The number of rotatable bonds is 3. The number of hydrogen-bond donors (Lipinski definition) is 0. The van der Waals surface area contributed by atoms with Gasteiger partial charge in [-0.2, -0.15) is 0 Å². The van der Waals surface area contributed by atoms with Gasteiger partial charge in [0, 0.05) is 6.54 Å². The number of amides is 2. The molecular formula is C10H9Br2NO2S. The maximum Gasteiger partial charge on any atom is 0.263 e. The third-order valence-corrected chi connectivity index (χ3v) is 5.01. The van der Waals surface area contributed by atoms with Crippen molar-refractivity contribution in [1.29, 1.82) is 0 Å². The molecule has 0 saturated carbocycles. The van der Waals surface area contributed by atoms with E-state index in [2.05, 4.69) is 31.9 Å². The molecule has 2 heterocycles. The highest BCUT2D eigenvalue weighted by Crippen LogP contribution is 2.41. The van der Waals surface area contributed by atoms with Gasteiger partial charge in [0.25, 0.3) is 11.8 Å². The Labute approximate surface area is 114 Å². The van der Waals surface area contributed by atoms with Crippen molar-refractivity contribution in [3.63, 3.8) is 0 Å². The number of halogens is 2. The molecule has 3 nitrogen and oxygen atoms in total. The van der Waals surface area contributed by atoms with Crippen molar-refractivity contribution >= 4 is 55.0 Å². The van der Waals surface area contributed by atoms with Gasteiger partial charge in [-0.25, -0.2) is 0 Å². The Bertz CT molecular complexity index is 433. The van der Waals surface area contributed by atoms with Gasteiger partial charge in [0.1, 0.15) is 0 Å². The summed E-state index contributed by atoms with van der Waals surface area (Å²) >= 11 is 8.01. The highest BCUT2D eigenvalue weighted by atomic mass is 79.9. The van der Waals surface area contributed by atoms with Gasteiger partial charge in [-0.05, 0) is 38.3 Å². The van der Waals surface area contributed by atoms with Crippen LogP contribution in [0.1, 0.15) is 40.5 Å². The van der Waals surface area contributed by atoms with Gasteiger partial charge in [-0.3, -0.25) is 14.5 Å². The fraction of sp³-hybridized carbons (Fsp3) is 0.400. The fourth-order valence-corrected chi connectivity index (χ4v) is 4.74. The number of carbonyl (C=O) groups excluding carboxylic acids is 2. The predicted octanol–water partition coefficient (Wildman–Crippen LogP) is 3.67. The lowest BCUT2D eigenvalue weighted by atomic mass is 10.2. The van der Waals surface area contributed by atoms with E-state index < -0.39 is 0 Å². The molecule has 0 atom stereocenters. The summed E-state index contributed by atoms with van der Waals surface area (Å²) in [6.07, 6.45) is 1.81. The van der Waals surface area contributed by atoms with Gasteiger partial charge < -0.3 is 0 Å². The van der Waals surface area contributed by atoms with Crippen LogP contribution >= 0.6 is 43.2 Å². The first kappa shape index (κ1) is 12.3. The van der Waals surface area contributed by atoms with E-state index in [1.165, 1.54) is 16.2 Å². The molecule has 86 valence electrons. The Kier molecular flexibility index (Phi) is 3.51. The van der Waals surface area contributed by atoms with E-state index in [9.17, 15) is 9.59 Å². The summed E-state index contributed by atoms with van der Waals surface area (Å²) in [5.74, 6) is -0.357.